The van der Waals surface area contributed by atoms with E-state index in [1.54, 1.807) is 12.1 Å². The average molecular weight is 433 g/mol. The minimum absolute atomic E-state index is 0.0896. The third kappa shape index (κ3) is 10.8. The van der Waals surface area contributed by atoms with Crippen LogP contribution in [0, 0.1) is 0 Å². The lowest BCUT2D eigenvalue weighted by Crippen LogP contribution is -2.22. The normalized spacial score (nSPS) is 10.6. The van der Waals surface area contributed by atoms with E-state index in [1.165, 1.54) is 10.8 Å². The third-order valence-corrected chi connectivity index (χ3v) is 3.55. The smallest absolute Gasteiger partial charge is 0.449 e. The molecule has 0 spiro atoms. The van der Waals surface area contributed by atoms with Crippen LogP contribution >= 0.6 is 11.9 Å². The first-order chi connectivity index (χ1) is 13.6. The number of aryl methyl sites for hydroxylation is 1. The van der Waals surface area contributed by atoms with Gasteiger partial charge in [0.1, 0.15) is 11.5 Å². The highest BCUT2D eigenvalue weighted by Gasteiger charge is 2.30. The number of unbranched alkanes of at least 4 members (excludes halogenated alkanes) is 1. The van der Waals surface area contributed by atoms with Crippen molar-refractivity contribution < 1.29 is 41.8 Å². The molecule has 0 fully saturated rings. The lowest BCUT2D eigenvalue weighted by Gasteiger charge is -2.10. The summed E-state index contributed by atoms with van der Waals surface area (Å²) in [5.74, 6) is -1.11. The third-order valence-electron chi connectivity index (χ3n) is 3.05. The number of carbonyl (C=O) groups excluding carboxylic acids is 3. The van der Waals surface area contributed by atoms with Crippen LogP contribution < -0.4 is 14.2 Å². The van der Waals surface area contributed by atoms with Crippen molar-refractivity contribution in [3.63, 3.8) is 0 Å². The molecule has 7 nitrogen and oxygen atoms in total. The van der Waals surface area contributed by atoms with Crippen molar-refractivity contribution in [2.24, 2.45) is 0 Å². The van der Waals surface area contributed by atoms with Gasteiger partial charge >= 0.3 is 23.5 Å². The van der Waals surface area contributed by atoms with Crippen molar-refractivity contribution in [3.05, 3.63) is 49.1 Å². The summed E-state index contributed by atoms with van der Waals surface area (Å²) >= 11 is -0.703. The quantitative estimate of drug-likeness (QED) is 0.195. The first kappa shape index (κ1) is 24.1. The van der Waals surface area contributed by atoms with Crippen LogP contribution in [0.5, 0.6) is 11.5 Å². The molecule has 1 rings (SSSR count). The summed E-state index contributed by atoms with van der Waals surface area (Å²) in [5.41, 5.74) is -3.94. The Balaban J connectivity index is 2.57. The predicted molar refractivity (Wildman–Crippen MR) is 99.2 cm³/mol. The zero-order chi connectivity index (χ0) is 21.9. The van der Waals surface area contributed by atoms with Gasteiger partial charge in [0.2, 0.25) is 0 Å². The maximum atomic E-state index is 11.9. The largest absolute Gasteiger partial charge is 0.461 e. The van der Waals surface area contributed by atoms with Crippen LogP contribution in [0.2, 0.25) is 0 Å². The monoisotopic (exact) mass is 433 g/mol. The van der Waals surface area contributed by atoms with Crippen molar-refractivity contribution in [1.29, 1.82) is 0 Å². The molecule has 0 atom stereocenters. The highest BCUT2D eigenvalue weighted by molar-refractivity contribution is 7.98. The Morgan fingerprint density at radius 3 is 2.03 bits per heavy atom. The molecular weight excluding hydrogens is 415 g/mol. The van der Waals surface area contributed by atoms with Crippen molar-refractivity contribution >= 4 is 30.0 Å². The predicted octanol–water partition coefficient (Wildman–Crippen LogP) is 4.09. The molecule has 0 saturated heterocycles. The minimum atomic E-state index is -4.59. The Morgan fingerprint density at radius 2 is 1.55 bits per heavy atom. The standard InChI is InChI=1S/C18H18F3NO6S/c1-3-15(23)27-13-9-12(10-14(11-13)28-16(24)4-2)7-5-6-8-26-17(25)22-29-18(19,20)21/h3-4,9-11H,1-2,5-8H2,(H,22,25). The van der Waals surface area contributed by atoms with Gasteiger partial charge in [-0.05, 0) is 37.0 Å². The van der Waals surface area contributed by atoms with E-state index >= 15 is 0 Å². The zero-order valence-corrected chi connectivity index (χ0v) is 15.9. The molecule has 1 aromatic carbocycles. The Morgan fingerprint density at radius 1 is 1.00 bits per heavy atom. The van der Waals surface area contributed by atoms with Crippen LogP contribution in [-0.2, 0) is 20.7 Å². The maximum Gasteiger partial charge on any atom is 0.461 e. The van der Waals surface area contributed by atoms with Gasteiger partial charge < -0.3 is 14.2 Å². The Labute approximate surface area is 169 Å². The first-order valence-corrected chi connectivity index (χ1v) is 8.94. The molecule has 0 aliphatic carbocycles. The van der Waals surface area contributed by atoms with E-state index in [0.29, 0.717) is 24.8 Å². The molecule has 0 aliphatic rings. The average Bonchev–Trinajstić information content (AvgIpc) is 2.65. The molecule has 0 bridgehead atoms. The van der Waals surface area contributed by atoms with Gasteiger partial charge in [-0.1, -0.05) is 13.2 Å². The van der Waals surface area contributed by atoms with Crippen molar-refractivity contribution in [2.45, 2.75) is 24.8 Å². The molecule has 0 saturated carbocycles. The molecule has 0 aromatic heterocycles. The molecule has 29 heavy (non-hydrogen) atoms. The van der Waals surface area contributed by atoms with E-state index in [-0.39, 0.29) is 18.1 Å². The van der Waals surface area contributed by atoms with E-state index < -0.39 is 35.5 Å². The molecule has 0 heterocycles. The molecule has 1 N–H and O–H groups in total. The number of hydrogen-bond acceptors (Lipinski definition) is 7. The van der Waals surface area contributed by atoms with Crippen LogP contribution in [-0.4, -0.2) is 30.1 Å². The first-order valence-electron chi connectivity index (χ1n) is 8.13. The van der Waals surface area contributed by atoms with Crippen molar-refractivity contribution in [3.8, 4) is 11.5 Å². The second-order valence-electron chi connectivity index (χ2n) is 5.31. The fraction of sp³-hybridized carbons (Fsp3) is 0.278. The van der Waals surface area contributed by atoms with Crippen LogP contribution in [0.25, 0.3) is 0 Å². The number of benzene rings is 1. The lowest BCUT2D eigenvalue weighted by molar-refractivity contribution is -0.129. The number of alkyl halides is 3. The van der Waals surface area contributed by atoms with Crippen LogP contribution in [0.1, 0.15) is 18.4 Å². The highest BCUT2D eigenvalue weighted by Crippen LogP contribution is 2.27. The van der Waals surface area contributed by atoms with Crippen molar-refractivity contribution in [1.82, 2.24) is 4.72 Å². The van der Waals surface area contributed by atoms with Crippen LogP contribution in [0.3, 0.4) is 0 Å². The summed E-state index contributed by atoms with van der Waals surface area (Å²) in [6.07, 6.45) is 2.05. The number of rotatable bonds is 10. The van der Waals surface area contributed by atoms with Gasteiger partial charge in [0.15, 0.2) is 0 Å². The van der Waals surface area contributed by atoms with Gasteiger partial charge in [-0.15, -0.1) is 0 Å². The highest BCUT2D eigenvalue weighted by atomic mass is 32.2. The zero-order valence-electron chi connectivity index (χ0n) is 15.1. The summed E-state index contributed by atoms with van der Waals surface area (Å²) in [5, 5.41) is 0. The van der Waals surface area contributed by atoms with Gasteiger partial charge in [-0.3, -0.25) is 4.72 Å². The number of carbonyl (C=O) groups is 3. The number of esters is 2. The molecule has 1 amide bonds. The fourth-order valence-electron chi connectivity index (χ4n) is 1.93. The fourth-order valence-corrected chi connectivity index (χ4v) is 2.19. The SMILES string of the molecule is C=CC(=O)Oc1cc(CCCCOC(=O)NSC(F)(F)F)cc(OC(=O)C=C)c1. The summed E-state index contributed by atoms with van der Waals surface area (Å²) in [4.78, 5) is 33.8. The van der Waals surface area contributed by atoms with E-state index in [0.717, 1.165) is 12.2 Å². The Bertz CT molecular complexity index is 726. The summed E-state index contributed by atoms with van der Waals surface area (Å²) in [7, 11) is 0. The summed E-state index contributed by atoms with van der Waals surface area (Å²) in [6, 6.07) is 4.46. The number of hydrogen-bond donors (Lipinski definition) is 1. The minimum Gasteiger partial charge on any atom is -0.449 e. The van der Waals surface area contributed by atoms with Gasteiger partial charge in [0.05, 0.1) is 18.6 Å². The molecule has 158 valence electrons. The molecule has 0 radical (unpaired) electrons. The Hall–Kier alpha value is -2.95. The van der Waals surface area contributed by atoms with E-state index in [1.807, 2.05) is 0 Å². The Kier molecular flexibility index (Phi) is 9.80. The number of nitrogens with one attached hydrogen (secondary N) is 1. The summed E-state index contributed by atoms with van der Waals surface area (Å²) in [6.45, 7) is 6.49. The second kappa shape index (κ2) is 11.8. The van der Waals surface area contributed by atoms with Crippen LogP contribution in [0.4, 0.5) is 18.0 Å². The lowest BCUT2D eigenvalue weighted by atomic mass is 10.1. The van der Waals surface area contributed by atoms with E-state index in [4.69, 9.17) is 9.47 Å². The molecule has 1 aromatic rings. The molecular formula is C18H18F3NO6S. The van der Waals surface area contributed by atoms with Gasteiger partial charge in [0.25, 0.3) is 0 Å². The van der Waals surface area contributed by atoms with Crippen molar-refractivity contribution in [2.75, 3.05) is 6.61 Å². The van der Waals surface area contributed by atoms with Gasteiger partial charge in [0, 0.05) is 18.2 Å². The number of ether oxygens (including phenoxy) is 3. The molecule has 0 unspecified atom stereocenters. The van der Waals surface area contributed by atoms with Gasteiger partial charge in [-0.25, -0.2) is 14.4 Å². The number of halogens is 3. The van der Waals surface area contributed by atoms with E-state index in [2.05, 4.69) is 17.9 Å². The van der Waals surface area contributed by atoms with Crippen LogP contribution in [0.15, 0.2) is 43.5 Å². The van der Waals surface area contributed by atoms with E-state index in [9.17, 15) is 27.6 Å². The van der Waals surface area contributed by atoms with Gasteiger partial charge in [-0.2, -0.15) is 13.2 Å². The second-order valence-corrected chi connectivity index (χ2v) is 6.18. The maximum absolute atomic E-state index is 11.9. The molecule has 11 heteroatoms. The summed E-state index contributed by atoms with van der Waals surface area (Å²) < 4.78 is 52.0. The topological polar surface area (TPSA) is 90.9 Å². The molecule has 0 aliphatic heterocycles. The number of amides is 1.